The average Bonchev–Trinajstić information content (AvgIpc) is 2.93. The topological polar surface area (TPSA) is 127 Å². The van der Waals surface area contributed by atoms with Crippen molar-refractivity contribution < 1.29 is 28.6 Å². The number of carbonyl (C=O) groups excluding carboxylic acids is 3. The molecule has 0 aromatic heterocycles. The second-order valence-corrected chi connectivity index (χ2v) is 9.15. The summed E-state index contributed by atoms with van der Waals surface area (Å²) >= 11 is 2.06. The summed E-state index contributed by atoms with van der Waals surface area (Å²) in [7, 11) is 1.57. The van der Waals surface area contributed by atoms with Crippen molar-refractivity contribution in [2.75, 3.05) is 31.0 Å². The summed E-state index contributed by atoms with van der Waals surface area (Å²) in [6.07, 6.45) is 2.10. The highest BCUT2D eigenvalue weighted by atomic mass is 127. The number of aryl methyl sites for hydroxylation is 1. The largest absolute Gasteiger partial charge is 0.497 e. The minimum absolute atomic E-state index is 0.234. The minimum atomic E-state index is -0.903. The molecule has 0 aliphatic carbocycles. The molecule has 0 aliphatic heterocycles. The Morgan fingerprint density at radius 1 is 0.949 bits per heavy atom. The van der Waals surface area contributed by atoms with Crippen LogP contribution in [0.25, 0.3) is 0 Å². The lowest BCUT2D eigenvalue weighted by Crippen LogP contribution is -2.32. The number of nitrogens with zero attached hydrogens (tertiary/aromatic N) is 1. The number of nitrogens with one attached hydrogen (secondary N) is 3. The second kappa shape index (κ2) is 14.7. The number of hydrogen-bond donors (Lipinski definition) is 3. The molecule has 3 aromatic carbocycles. The lowest BCUT2D eigenvalue weighted by Gasteiger charge is -2.14. The van der Waals surface area contributed by atoms with Gasteiger partial charge in [-0.2, -0.15) is 5.10 Å². The van der Waals surface area contributed by atoms with Crippen LogP contribution in [0.4, 0.5) is 11.4 Å². The maximum Gasteiger partial charge on any atom is 0.329 e. The molecule has 0 bridgehead atoms. The molecule has 0 unspecified atom stereocenters. The molecule has 0 radical (unpaired) electrons. The molecule has 0 atom stereocenters. The van der Waals surface area contributed by atoms with Gasteiger partial charge in [-0.15, -0.1) is 0 Å². The van der Waals surface area contributed by atoms with Crippen LogP contribution in [0.1, 0.15) is 25.0 Å². The SMILES string of the molecule is CCOc1cc(/C=N\NC(=O)C(=O)Nc2ccccc2CC)cc(I)c1OCC(=O)Nc1ccc(OC)cc1. The van der Waals surface area contributed by atoms with Crippen molar-refractivity contribution in [3.05, 3.63) is 75.4 Å². The van der Waals surface area contributed by atoms with Gasteiger partial charge in [-0.05, 0) is 89.5 Å². The number of rotatable bonds is 11. The van der Waals surface area contributed by atoms with Crippen LogP contribution >= 0.6 is 22.6 Å². The Morgan fingerprint density at radius 2 is 1.69 bits per heavy atom. The summed E-state index contributed by atoms with van der Waals surface area (Å²) in [5.41, 5.74) is 4.93. The number of para-hydroxylation sites is 1. The maximum absolute atomic E-state index is 12.4. The van der Waals surface area contributed by atoms with Gasteiger partial charge in [-0.1, -0.05) is 25.1 Å². The monoisotopic (exact) mass is 644 g/mol. The summed E-state index contributed by atoms with van der Waals surface area (Å²) in [4.78, 5) is 36.9. The van der Waals surface area contributed by atoms with Crippen LogP contribution in [0.5, 0.6) is 17.2 Å². The van der Waals surface area contributed by atoms with Crippen molar-refractivity contribution in [3.63, 3.8) is 0 Å². The molecule has 0 saturated carbocycles. The first-order chi connectivity index (χ1) is 18.8. The third-order valence-corrected chi connectivity index (χ3v) is 6.09. The van der Waals surface area contributed by atoms with Crippen molar-refractivity contribution in [1.82, 2.24) is 5.43 Å². The zero-order valence-electron chi connectivity index (χ0n) is 21.7. The molecule has 3 amide bonds. The zero-order valence-corrected chi connectivity index (χ0v) is 23.9. The number of hydrogen-bond acceptors (Lipinski definition) is 7. The van der Waals surface area contributed by atoms with Crippen LogP contribution in [0.3, 0.4) is 0 Å². The van der Waals surface area contributed by atoms with E-state index < -0.39 is 11.8 Å². The summed E-state index contributed by atoms with van der Waals surface area (Å²) in [6, 6.07) is 17.6. The fourth-order valence-electron chi connectivity index (χ4n) is 3.42. The molecule has 10 nitrogen and oxygen atoms in total. The summed E-state index contributed by atoms with van der Waals surface area (Å²) < 4.78 is 17.2. The summed E-state index contributed by atoms with van der Waals surface area (Å²) in [6.45, 7) is 3.91. The van der Waals surface area contributed by atoms with Crippen LogP contribution < -0.4 is 30.3 Å². The molecule has 0 aliphatic rings. The van der Waals surface area contributed by atoms with E-state index in [-0.39, 0.29) is 12.5 Å². The number of carbonyl (C=O) groups is 3. The van der Waals surface area contributed by atoms with Gasteiger partial charge in [0.15, 0.2) is 18.1 Å². The molecular formula is C28H29IN4O6. The number of amides is 3. The van der Waals surface area contributed by atoms with Crippen LogP contribution in [-0.4, -0.2) is 44.3 Å². The summed E-state index contributed by atoms with van der Waals surface area (Å²) in [5.74, 6) is -0.578. The molecule has 0 spiro atoms. The normalized spacial score (nSPS) is 10.6. The average molecular weight is 644 g/mol. The van der Waals surface area contributed by atoms with Crippen molar-refractivity contribution in [2.24, 2.45) is 5.10 Å². The third kappa shape index (κ3) is 8.70. The standard InChI is InChI=1S/C28H29IN4O6/c1-4-19-8-6-7-9-23(19)32-27(35)28(36)33-30-16-18-14-22(29)26(24(15-18)38-5-2)39-17-25(34)31-20-10-12-21(37-3)13-11-20/h6-16H,4-5,17H2,1-3H3,(H,31,34)(H,32,35)(H,33,36)/b30-16-. The van der Waals surface area contributed by atoms with Gasteiger partial charge in [-0.25, -0.2) is 5.43 Å². The zero-order chi connectivity index (χ0) is 28.2. The Bertz CT molecular complexity index is 1340. The molecule has 39 heavy (non-hydrogen) atoms. The van der Waals surface area contributed by atoms with Crippen LogP contribution in [0.2, 0.25) is 0 Å². The van der Waals surface area contributed by atoms with Crippen molar-refractivity contribution in [1.29, 1.82) is 0 Å². The smallest absolute Gasteiger partial charge is 0.329 e. The Balaban J connectivity index is 1.61. The fourth-order valence-corrected chi connectivity index (χ4v) is 4.20. The number of anilines is 2. The van der Waals surface area contributed by atoms with E-state index in [0.29, 0.717) is 50.8 Å². The van der Waals surface area contributed by atoms with E-state index in [2.05, 4.69) is 43.8 Å². The quantitative estimate of drug-likeness (QED) is 0.123. The number of halogens is 1. The first-order valence-corrected chi connectivity index (χ1v) is 13.2. The van der Waals surface area contributed by atoms with Crippen molar-refractivity contribution in [2.45, 2.75) is 20.3 Å². The van der Waals surface area contributed by atoms with Gasteiger partial charge in [0.25, 0.3) is 5.91 Å². The van der Waals surface area contributed by atoms with E-state index in [1.807, 2.05) is 26.0 Å². The van der Waals surface area contributed by atoms with Gasteiger partial charge >= 0.3 is 11.8 Å². The highest BCUT2D eigenvalue weighted by molar-refractivity contribution is 14.1. The highest BCUT2D eigenvalue weighted by Crippen LogP contribution is 2.34. The third-order valence-electron chi connectivity index (χ3n) is 5.29. The predicted octanol–water partition coefficient (Wildman–Crippen LogP) is 4.37. The van der Waals surface area contributed by atoms with Gasteiger partial charge in [0, 0.05) is 11.4 Å². The van der Waals surface area contributed by atoms with E-state index >= 15 is 0 Å². The molecule has 204 valence electrons. The van der Waals surface area contributed by atoms with Gasteiger partial charge in [0.05, 0.1) is 23.5 Å². The molecule has 0 fully saturated rings. The number of hydrazone groups is 1. The van der Waals surface area contributed by atoms with E-state index in [1.165, 1.54) is 6.21 Å². The number of benzene rings is 3. The van der Waals surface area contributed by atoms with Crippen LogP contribution in [-0.2, 0) is 20.8 Å². The molecule has 3 N–H and O–H groups in total. The Kier molecular flexibility index (Phi) is 11.1. The van der Waals surface area contributed by atoms with Gasteiger partial charge in [0.2, 0.25) is 0 Å². The molecule has 11 heteroatoms. The Morgan fingerprint density at radius 3 is 2.38 bits per heavy atom. The van der Waals surface area contributed by atoms with E-state index in [4.69, 9.17) is 14.2 Å². The van der Waals surface area contributed by atoms with Crippen molar-refractivity contribution in [3.8, 4) is 17.2 Å². The van der Waals surface area contributed by atoms with Gasteiger partial charge in [0.1, 0.15) is 5.75 Å². The molecule has 3 rings (SSSR count). The minimum Gasteiger partial charge on any atom is -0.497 e. The van der Waals surface area contributed by atoms with Crippen LogP contribution in [0.15, 0.2) is 65.8 Å². The maximum atomic E-state index is 12.4. The van der Waals surface area contributed by atoms with Crippen LogP contribution in [0, 0.1) is 3.57 Å². The molecule has 3 aromatic rings. The molecule has 0 saturated heterocycles. The predicted molar refractivity (Wildman–Crippen MR) is 158 cm³/mol. The molecule has 0 heterocycles. The fraction of sp³-hybridized carbons (Fsp3) is 0.214. The Labute approximate surface area is 240 Å². The lowest BCUT2D eigenvalue weighted by atomic mass is 10.1. The number of ether oxygens (including phenoxy) is 3. The lowest BCUT2D eigenvalue weighted by molar-refractivity contribution is -0.136. The number of methoxy groups -OCH3 is 1. The molecular weight excluding hydrogens is 615 g/mol. The Hall–Kier alpha value is -4.13. The summed E-state index contributed by atoms with van der Waals surface area (Å²) in [5, 5.41) is 9.25. The first-order valence-electron chi connectivity index (χ1n) is 12.1. The highest BCUT2D eigenvalue weighted by Gasteiger charge is 2.16. The van der Waals surface area contributed by atoms with Gasteiger partial charge in [-0.3, -0.25) is 14.4 Å². The first kappa shape index (κ1) is 29.4. The van der Waals surface area contributed by atoms with E-state index in [0.717, 1.165) is 5.56 Å². The van der Waals surface area contributed by atoms with Gasteiger partial charge < -0.3 is 24.8 Å². The second-order valence-electron chi connectivity index (χ2n) is 7.99. The van der Waals surface area contributed by atoms with E-state index in [1.54, 1.807) is 55.6 Å². The van der Waals surface area contributed by atoms with E-state index in [9.17, 15) is 14.4 Å². The van der Waals surface area contributed by atoms with Crippen molar-refractivity contribution >= 4 is 57.9 Å².